The van der Waals surface area contributed by atoms with Crippen molar-refractivity contribution in [1.82, 2.24) is 10.6 Å². The van der Waals surface area contributed by atoms with Gasteiger partial charge in [0.1, 0.15) is 5.92 Å². The Hall–Kier alpha value is -2.58. The van der Waals surface area contributed by atoms with Gasteiger partial charge in [-0.3, -0.25) is 4.79 Å². The highest BCUT2D eigenvalue weighted by Crippen LogP contribution is 2.44. The minimum Gasteiger partial charge on any atom is -0.363 e. The number of halogens is 4. The maximum atomic E-state index is 13.8. The number of hydrogen-bond acceptors (Lipinski definition) is 3. The fourth-order valence-corrected chi connectivity index (χ4v) is 3.31. The summed E-state index contributed by atoms with van der Waals surface area (Å²) in [6.45, 7) is 1.78. The Labute approximate surface area is 163 Å². The van der Waals surface area contributed by atoms with E-state index in [1.54, 1.807) is 19.1 Å². The molecule has 3 rings (SSSR count). The molecule has 28 heavy (non-hydrogen) atoms. The number of hydrogen-bond donors (Lipinski definition) is 3. The molecule has 0 radical (unpaired) electrons. The zero-order chi connectivity index (χ0) is 20.7. The van der Waals surface area contributed by atoms with Gasteiger partial charge in [-0.25, -0.2) is 4.79 Å². The van der Waals surface area contributed by atoms with Gasteiger partial charge < -0.3 is 15.7 Å². The molecule has 3 atom stereocenters. The fraction of sp³-hybridized carbons (Fsp3) is 0.263. The van der Waals surface area contributed by atoms with Crippen molar-refractivity contribution in [2.45, 2.75) is 24.9 Å². The number of urea groups is 1. The molecule has 9 heteroatoms. The van der Waals surface area contributed by atoms with E-state index in [1.165, 1.54) is 41.7 Å². The van der Waals surface area contributed by atoms with E-state index in [-0.39, 0.29) is 11.1 Å². The topological polar surface area (TPSA) is 78.4 Å². The highest BCUT2D eigenvalue weighted by atomic mass is 35.5. The third-order valence-corrected chi connectivity index (χ3v) is 4.91. The van der Waals surface area contributed by atoms with Gasteiger partial charge in [0.2, 0.25) is 5.72 Å². The van der Waals surface area contributed by atoms with E-state index < -0.39 is 35.7 Å². The molecule has 0 bridgehead atoms. The fourth-order valence-electron chi connectivity index (χ4n) is 3.18. The molecule has 5 nitrogen and oxygen atoms in total. The molecular formula is C19H16ClF3N2O3. The molecule has 0 spiro atoms. The highest BCUT2D eigenvalue weighted by Gasteiger charge is 2.66. The van der Waals surface area contributed by atoms with Crippen molar-refractivity contribution in [2.24, 2.45) is 5.92 Å². The van der Waals surface area contributed by atoms with Gasteiger partial charge >= 0.3 is 12.2 Å². The number of ketones is 1. The number of benzene rings is 2. The van der Waals surface area contributed by atoms with Gasteiger partial charge in [-0.1, -0.05) is 41.4 Å². The summed E-state index contributed by atoms with van der Waals surface area (Å²) in [6, 6.07) is 8.91. The van der Waals surface area contributed by atoms with Crippen LogP contribution in [0.15, 0.2) is 48.5 Å². The number of carbonyl (C=O) groups is 2. The van der Waals surface area contributed by atoms with Crippen LogP contribution in [-0.4, -0.2) is 28.8 Å². The molecule has 0 aromatic heterocycles. The number of rotatable bonds is 3. The Kier molecular flexibility index (Phi) is 5.12. The number of carbonyl (C=O) groups excluding carboxylic acids is 2. The highest BCUT2D eigenvalue weighted by molar-refractivity contribution is 6.30. The maximum absolute atomic E-state index is 13.8. The van der Waals surface area contributed by atoms with Gasteiger partial charge in [0.25, 0.3) is 0 Å². The summed E-state index contributed by atoms with van der Waals surface area (Å²) in [7, 11) is 0. The molecular weight excluding hydrogens is 397 g/mol. The lowest BCUT2D eigenvalue weighted by Crippen LogP contribution is -2.72. The van der Waals surface area contributed by atoms with Gasteiger partial charge in [0.15, 0.2) is 5.78 Å². The van der Waals surface area contributed by atoms with Gasteiger partial charge in [0, 0.05) is 10.6 Å². The molecule has 0 saturated carbocycles. The van der Waals surface area contributed by atoms with Crippen molar-refractivity contribution in [3.63, 3.8) is 0 Å². The Morgan fingerprint density at radius 2 is 1.68 bits per heavy atom. The van der Waals surface area contributed by atoms with Gasteiger partial charge in [-0.05, 0) is 36.8 Å². The summed E-state index contributed by atoms with van der Waals surface area (Å²) in [4.78, 5) is 25.0. The number of aliphatic hydroxyl groups is 1. The van der Waals surface area contributed by atoms with Crippen molar-refractivity contribution in [1.29, 1.82) is 0 Å². The summed E-state index contributed by atoms with van der Waals surface area (Å²) in [6.07, 6.45) is -5.29. The van der Waals surface area contributed by atoms with E-state index in [0.717, 1.165) is 5.56 Å². The van der Waals surface area contributed by atoms with E-state index >= 15 is 0 Å². The summed E-state index contributed by atoms with van der Waals surface area (Å²) in [5.41, 5.74) is -2.72. The molecule has 0 aliphatic carbocycles. The second-order valence-electron chi connectivity index (χ2n) is 6.60. The van der Waals surface area contributed by atoms with Crippen LogP contribution in [0.5, 0.6) is 0 Å². The Balaban J connectivity index is 2.15. The second-order valence-corrected chi connectivity index (χ2v) is 7.04. The number of nitrogens with one attached hydrogen (secondary N) is 2. The van der Waals surface area contributed by atoms with Crippen molar-refractivity contribution >= 4 is 23.4 Å². The molecule has 1 aliphatic heterocycles. The lowest BCUT2D eigenvalue weighted by molar-refractivity contribution is -0.287. The summed E-state index contributed by atoms with van der Waals surface area (Å²) in [5, 5.41) is 14.6. The normalized spacial score (nSPS) is 25.0. The average Bonchev–Trinajstić information content (AvgIpc) is 2.61. The van der Waals surface area contributed by atoms with Crippen LogP contribution in [0.3, 0.4) is 0 Å². The minimum absolute atomic E-state index is 0.0767. The molecule has 0 unspecified atom stereocenters. The van der Waals surface area contributed by atoms with E-state index in [4.69, 9.17) is 11.6 Å². The molecule has 2 aromatic rings. The molecule has 2 aromatic carbocycles. The third-order valence-electron chi connectivity index (χ3n) is 4.65. The molecule has 1 fully saturated rings. The minimum atomic E-state index is -5.29. The zero-order valence-corrected chi connectivity index (χ0v) is 15.3. The van der Waals surface area contributed by atoms with Crippen LogP contribution >= 0.6 is 11.6 Å². The summed E-state index contributed by atoms with van der Waals surface area (Å²) < 4.78 is 41.3. The predicted octanol–water partition coefficient (Wildman–Crippen LogP) is 3.75. The third kappa shape index (κ3) is 3.57. The quantitative estimate of drug-likeness (QED) is 0.672. The van der Waals surface area contributed by atoms with Crippen LogP contribution in [0.4, 0.5) is 18.0 Å². The lowest BCUT2D eigenvalue weighted by Gasteiger charge is -2.45. The maximum Gasteiger partial charge on any atom is 0.437 e. The van der Waals surface area contributed by atoms with Gasteiger partial charge in [0.05, 0.1) is 6.04 Å². The Bertz CT molecular complexity index is 900. The zero-order valence-electron chi connectivity index (χ0n) is 14.5. The number of Topliss-reactive ketones (excluding diaryl/α,β-unsaturated/α-hetero) is 1. The lowest BCUT2D eigenvalue weighted by atomic mass is 9.77. The Morgan fingerprint density at radius 3 is 2.21 bits per heavy atom. The molecule has 3 N–H and O–H groups in total. The smallest absolute Gasteiger partial charge is 0.363 e. The van der Waals surface area contributed by atoms with Crippen LogP contribution in [0.25, 0.3) is 0 Å². The molecule has 1 saturated heterocycles. The SMILES string of the molecule is Cc1ccc([C@@H]2NC(=O)N[C@](O)(C(F)(F)F)[C@H]2C(=O)c2ccc(Cl)cc2)cc1. The van der Waals surface area contributed by atoms with Gasteiger partial charge in [-0.2, -0.15) is 13.2 Å². The van der Waals surface area contributed by atoms with E-state index in [0.29, 0.717) is 5.02 Å². The van der Waals surface area contributed by atoms with Gasteiger partial charge in [-0.15, -0.1) is 0 Å². The summed E-state index contributed by atoms with van der Waals surface area (Å²) in [5.74, 6) is -3.05. The van der Waals surface area contributed by atoms with Crippen molar-refractivity contribution in [3.05, 3.63) is 70.2 Å². The van der Waals surface area contributed by atoms with Crippen LogP contribution in [0, 0.1) is 12.8 Å². The first-order valence-corrected chi connectivity index (χ1v) is 8.65. The van der Waals surface area contributed by atoms with E-state index in [9.17, 15) is 27.9 Å². The van der Waals surface area contributed by atoms with Crippen LogP contribution in [-0.2, 0) is 0 Å². The standard InChI is InChI=1S/C19H16ClF3N2O3/c1-10-2-4-11(5-3-10)15-14(16(26)12-6-8-13(20)9-7-12)18(28,19(21,22)23)25-17(27)24-15/h2-9,14-15,28H,1H3,(H2,24,25,27)/t14-,15+,18-/m1/s1. The van der Waals surface area contributed by atoms with E-state index in [2.05, 4.69) is 5.32 Å². The van der Waals surface area contributed by atoms with Crippen LogP contribution in [0.1, 0.15) is 27.5 Å². The second kappa shape index (κ2) is 7.10. The van der Waals surface area contributed by atoms with Crippen LogP contribution in [0.2, 0.25) is 5.02 Å². The largest absolute Gasteiger partial charge is 0.437 e. The molecule has 1 aliphatic rings. The first kappa shape index (κ1) is 20.2. The Morgan fingerprint density at radius 1 is 1.11 bits per heavy atom. The number of aryl methyl sites for hydroxylation is 1. The van der Waals surface area contributed by atoms with Crippen molar-refractivity contribution in [2.75, 3.05) is 0 Å². The first-order valence-electron chi connectivity index (χ1n) is 8.27. The number of amides is 2. The molecule has 1 heterocycles. The monoisotopic (exact) mass is 412 g/mol. The van der Waals surface area contributed by atoms with E-state index in [1.807, 2.05) is 0 Å². The van der Waals surface area contributed by atoms with Crippen molar-refractivity contribution < 1.29 is 27.9 Å². The molecule has 2 amide bonds. The van der Waals surface area contributed by atoms with Crippen LogP contribution < -0.4 is 10.6 Å². The average molecular weight is 413 g/mol. The number of alkyl halides is 3. The predicted molar refractivity (Wildman–Crippen MR) is 95.9 cm³/mol. The summed E-state index contributed by atoms with van der Waals surface area (Å²) >= 11 is 5.78. The molecule has 148 valence electrons. The first-order chi connectivity index (χ1) is 13.0. The van der Waals surface area contributed by atoms with Crippen molar-refractivity contribution in [3.8, 4) is 0 Å².